The monoisotopic (exact) mass is 495 g/mol. The van der Waals surface area contributed by atoms with Crippen LogP contribution in [0.3, 0.4) is 0 Å². The Morgan fingerprint density at radius 2 is 1.63 bits per heavy atom. The van der Waals surface area contributed by atoms with Crippen molar-refractivity contribution in [2.75, 3.05) is 0 Å². The molecule has 0 atom stereocenters. The summed E-state index contributed by atoms with van der Waals surface area (Å²) < 4.78 is 7.52. The van der Waals surface area contributed by atoms with Crippen LogP contribution < -0.4 is 4.74 Å². The summed E-state index contributed by atoms with van der Waals surface area (Å²) >= 11 is 10.3. The quantitative estimate of drug-likeness (QED) is 0.291. The van der Waals surface area contributed by atoms with E-state index in [1.165, 1.54) is 11.8 Å². The van der Waals surface area contributed by atoms with E-state index in [0.29, 0.717) is 22.4 Å². The highest BCUT2D eigenvalue weighted by Gasteiger charge is 2.32. The van der Waals surface area contributed by atoms with Crippen molar-refractivity contribution in [1.29, 1.82) is 0 Å². The van der Waals surface area contributed by atoms with Crippen LogP contribution in [-0.2, 0) is 17.9 Å². The zero-order valence-electron chi connectivity index (χ0n) is 16.0. The SMILES string of the molecule is O=C1C(=Cc2cc(Br)ccc2OCc2ccccc2)SC(=S)N1Cc1ccccc1. The number of thioether (sulfide) groups is 1. The summed E-state index contributed by atoms with van der Waals surface area (Å²) in [4.78, 5) is 15.2. The third-order valence-electron chi connectivity index (χ3n) is 4.55. The summed E-state index contributed by atoms with van der Waals surface area (Å²) in [6.07, 6.45) is 1.86. The first kappa shape index (κ1) is 20.8. The van der Waals surface area contributed by atoms with Gasteiger partial charge in [-0.15, -0.1) is 0 Å². The minimum Gasteiger partial charge on any atom is -0.488 e. The molecule has 6 heteroatoms. The van der Waals surface area contributed by atoms with Crippen LogP contribution in [0, 0.1) is 0 Å². The molecule has 0 N–H and O–H groups in total. The van der Waals surface area contributed by atoms with Crippen LogP contribution in [0.2, 0.25) is 0 Å². The van der Waals surface area contributed by atoms with E-state index in [1.54, 1.807) is 4.90 Å². The first-order valence-electron chi connectivity index (χ1n) is 9.36. The number of amides is 1. The lowest BCUT2D eigenvalue weighted by atomic mass is 10.1. The van der Waals surface area contributed by atoms with E-state index in [2.05, 4.69) is 15.9 Å². The summed E-state index contributed by atoms with van der Waals surface area (Å²) in [5, 5.41) is 0. The summed E-state index contributed by atoms with van der Waals surface area (Å²) in [6.45, 7) is 0.928. The Hall–Kier alpha value is -2.41. The van der Waals surface area contributed by atoms with Crippen molar-refractivity contribution in [1.82, 2.24) is 4.90 Å². The molecule has 3 aromatic carbocycles. The molecule has 0 saturated carbocycles. The summed E-state index contributed by atoms with van der Waals surface area (Å²) in [5.41, 5.74) is 2.96. The van der Waals surface area contributed by atoms with Crippen molar-refractivity contribution >= 4 is 56.2 Å². The highest BCUT2D eigenvalue weighted by Crippen LogP contribution is 2.36. The highest BCUT2D eigenvalue weighted by molar-refractivity contribution is 9.10. The number of ether oxygens (including phenoxy) is 1. The summed E-state index contributed by atoms with van der Waals surface area (Å²) in [5.74, 6) is 0.637. The van der Waals surface area contributed by atoms with Crippen LogP contribution in [-0.4, -0.2) is 15.1 Å². The van der Waals surface area contributed by atoms with Crippen molar-refractivity contribution in [2.24, 2.45) is 0 Å². The molecule has 3 aromatic rings. The molecule has 0 unspecified atom stereocenters. The van der Waals surface area contributed by atoms with Gasteiger partial charge in [0.2, 0.25) is 0 Å². The molecule has 30 heavy (non-hydrogen) atoms. The van der Waals surface area contributed by atoms with E-state index in [0.717, 1.165) is 26.9 Å². The zero-order chi connectivity index (χ0) is 20.9. The topological polar surface area (TPSA) is 29.5 Å². The van der Waals surface area contributed by atoms with E-state index in [4.69, 9.17) is 17.0 Å². The number of halogens is 1. The molecular weight excluding hydrogens is 478 g/mol. The van der Waals surface area contributed by atoms with Gasteiger partial charge in [0.15, 0.2) is 0 Å². The summed E-state index contributed by atoms with van der Waals surface area (Å²) in [7, 11) is 0. The van der Waals surface area contributed by atoms with Gasteiger partial charge in [-0.05, 0) is 35.4 Å². The Bertz CT molecular complexity index is 1100. The van der Waals surface area contributed by atoms with Crippen LogP contribution in [0.15, 0.2) is 88.2 Å². The van der Waals surface area contributed by atoms with E-state index in [1.807, 2.05) is 84.9 Å². The molecule has 150 valence electrons. The van der Waals surface area contributed by atoms with Crippen LogP contribution in [0.1, 0.15) is 16.7 Å². The molecule has 0 aromatic heterocycles. The lowest BCUT2D eigenvalue weighted by Crippen LogP contribution is -2.27. The van der Waals surface area contributed by atoms with Crippen LogP contribution >= 0.6 is 39.9 Å². The largest absolute Gasteiger partial charge is 0.488 e. The molecule has 1 aliphatic rings. The van der Waals surface area contributed by atoms with Gasteiger partial charge in [0.1, 0.15) is 16.7 Å². The number of nitrogens with zero attached hydrogens (tertiary/aromatic N) is 1. The molecule has 1 saturated heterocycles. The predicted octanol–water partition coefficient (Wildman–Crippen LogP) is 6.43. The van der Waals surface area contributed by atoms with Gasteiger partial charge in [-0.3, -0.25) is 9.69 Å². The highest BCUT2D eigenvalue weighted by atomic mass is 79.9. The van der Waals surface area contributed by atoms with E-state index < -0.39 is 0 Å². The fraction of sp³-hybridized carbons (Fsp3) is 0.0833. The van der Waals surface area contributed by atoms with Crippen LogP contribution in [0.25, 0.3) is 6.08 Å². The first-order chi connectivity index (χ1) is 14.6. The van der Waals surface area contributed by atoms with Gasteiger partial charge in [-0.25, -0.2) is 0 Å². The lowest BCUT2D eigenvalue weighted by molar-refractivity contribution is -0.122. The molecule has 4 rings (SSSR count). The third kappa shape index (κ3) is 5.01. The molecule has 0 spiro atoms. The molecule has 0 radical (unpaired) electrons. The van der Waals surface area contributed by atoms with Gasteiger partial charge in [0, 0.05) is 10.0 Å². The Balaban J connectivity index is 1.55. The van der Waals surface area contributed by atoms with E-state index in [9.17, 15) is 4.79 Å². The molecule has 3 nitrogen and oxygen atoms in total. The molecule has 0 bridgehead atoms. The van der Waals surface area contributed by atoms with Gasteiger partial charge in [0.25, 0.3) is 5.91 Å². The Morgan fingerprint density at radius 1 is 0.967 bits per heavy atom. The fourth-order valence-electron chi connectivity index (χ4n) is 3.04. The second-order valence-electron chi connectivity index (χ2n) is 6.71. The Labute approximate surface area is 193 Å². The minimum absolute atomic E-state index is 0.0807. The maximum Gasteiger partial charge on any atom is 0.266 e. The summed E-state index contributed by atoms with van der Waals surface area (Å²) in [6, 6.07) is 25.6. The number of hydrogen-bond acceptors (Lipinski definition) is 4. The molecule has 1 heterocycles. The molecule has 1 aliphatic heterocycles. The number of thiocarbonyl (C=S) groups is 1. The van der Waals surface area contributed by atoms with Gasteiger partial charge in [-0.1, -0.05) is 101 Å². The van der Waals surface area contributed by atoms with Crippen molar-refractivity contribution in [2.45, 2.75) is 13.2 Å². The maximum absolute atomic E-state index is 13.0. The first-order valence-corrected chi connectivity index (χ1v) is 11.4. The standard InChI is InChI=1S/C24H18BrNO2S2/c25-20-11-12-21(28-16-18-9-5-2-6-10-18)19(13-20)14-22-23(27)26(24(29)30-22)15-17-7-3-1-4-8-17/h1-14H,15-16H2. The van der Waals surface area contributed by atoms with Gasteiger partial charge in [-0.2, -0.15) is 0 Å². The average Bonchev–Trinajstić information content (AvgIpc) is 3.02. The normalized spacial score (nSPS) is 15.1. The molecular formula is C24H18BrNO2S2. The molecule has 1 amide bonds. The van der Waals surface area contributed by atoms with Crippen molar-refractivity contribution in [3.8, 4) is 5.75 Å². The van der Waals surface area contributed by atoms with E-state index in [-0.39, 0.29) is 5.91 Å². The van der Waals surface area contributed by atoms with E-state index >= 15 is 0 Å². The molecule has 1 fully saturated rings. The molecule has 0 aliphatic carbocycles. The average molecular weight is 496 g/mol. The Kier molecular flexibility index (Phi) is 6.67. The number of carbonyl (C=O) groups is 1. The van der Waals surface area contributed by atoms with Gasteiger partial charge < -0.3 is 4.74 Å². The van der Waals surface area contributed by atoms with Crippen molar-refractivity contribution in [3.63, 3.8) is 0 Å². The number of hydrogen-bond donors (Lipinski definition) is 0. The maximum atomic E-state index is 13.0. The predicted molar refractivity (Wildman–Crippen MR) is 130 cm³/mol. The Morgan fingerprint density at radius 3 is 2.33 bits per heavy atom. The van der Waals surface area contributed by atoms with Crippen molar-refractivity contribution in [3.05, 3.63) is 105 Å². The van der Waals surface area contributed by atoms with Crippen molar-refractivity contribution < 1.29 is 9.53 Å². The number of benzene rings is 3. The second-order valence-corrected chi connectivity index (χ2v) is 9.30. The zero-order valence-corrected chi connectivity index (χ0v) is 19.2. The number of carbonyl (C=O) groups excluding carboxylic acids is 1. The van der Waals surface area contributed by atoms with Crippen LogP contribution in [0.4, 0.5) is 0 Å². The van der Waals surface area contributed by atoms with Crippen LogP contribution in [0.5, 0.6) is 5.75 Å². The minimum atomic E-state index is -0.0807. The third-order valence-corrected chi connectivity index (χ3v) is 6.42. The lowest BCUT2D eigenvalue weighted by Gasteiger charge is -2.14. The van der Waals surface area contributed by atoms with Gasteiger partial charge >= 0.3 is 0 Å². The smallest absolute Gasteiger partial charge is 0.266 e. The fourth-order valence-corrected chi connectivity index (χ4v) is 4.67. The second kappa shape index (κ2) is 9.60. The van der Waals surface area contributed by atoms with Gasteiger partial charge in [0.05, 0.1) is 11.4 Å². The number of rotatable bonds is 6.